The summed E-state index contributed by atoms with van der Waals surface area (Å²) in [6.07, 6.45) is -4.53. The molecular weight excluding hydrogens is 425 g/mol. The van der Waals surface area contributed by atoms with Gasteiger partial charge in [-0.15, -0.1) is 0 Å². The smallest absolute Gasteiger partial charge is 0.416 e. The number of carbonyl (C=O) groups is 2. The van der Waals surface area contributed by atoms with Crippen LogP contribution in [0.5, 0.6) is 0 Å². The van der Waals surface area contributed by atoms with E-state index in [-0.39, 0.29) is 41.4 Å². The van der Waals surface area contributed by atoms with Crippen molar-refractivity contribution < 1.29 is 35.9 Å². The molecule has 0 saturated carbocycles. The quantitative estimate of drug-likeness (QED) is 0.718. The van der Waals surface area contributed by atoms with E-state index < -0.39 is 45.7 Å². The predicted molar refractivity (Wildman–Crippen MR) is 101 cm³/mol. The number of rotatable bonds is 4. The second-order valence-electron chi connectivity index (χ2n) is 7.11. The molecule has 2 aliphatic heterocycles. The maximum atomic E-state index is 13.6. The Morgan fingerprint density at radius 3 is 2.53 bits per heavy atom. The first-order valence-corrected chi connectivity index (χ1v) is 11.1. The van der Waals surface area contributed by atoms with E-state index in [4.69, 9.17) is 4.74 Å². The highest BCUT2D eigenvalue weighted by atomic mass is 32.2. The maximum absolute atomic E-state index is 13.6. The van der Waals surface area contributed by atoms with Crippen LogP contribution in [-0.2, 0) is 25.5 Å². The van der Waals surface area contributed by atoms with E-state index in [9.17, 15) is 31.2 Å². The van der Waals surface area contributed by atoms with Gasteiger partial charge in [-0.2, -0.15) is 13.2 Å². The van der Waals surface area contributed by atoms with Crippen molar-refractivity contribution in [3.63, 3.8) is 0 Å². The van der Waals surface area contributed by atoms with Gasteiger partial charge in [-0.05, 0) is 31.9 Å². The number of benzene rings is 1. The van der Waals surface area contributed by atoms with Gasteiger partial charge in [-0.3, -0.25) is 4.90 Å². The van der Waals surface area contributed by atoms with Crippen molar-refractivity contribution in [3.05, 3.63) is 46.7 Å². The van der Waals surface area contributed by atoms with E-state index in [2.05, 4.69) is 5.32 Å². The lowest BCUT2D eigenvalue weighted by atomic mass is 9.90. The van der Waals surface area contributed by atoms with Crippen LogP contribution in [-0.4, -0.2) is 49.5 Å². The summed E-state index contributed by atoms with van der Waals surface area (Å²) in [4.78, 5) is 26.7. The second-order valence-corrected chi connectivity index (χ2v) is 9.34. The average molecular weight is 446 g/mol. The highest BCUT2D eigenvalue weighted by Crippen LogP contribution is 2.40. The number of hydrogen-bond acceptors (Lipinski definition) is 5. The van der Waals surface area contributed by atoms with Crippen LogP contribution in [0.15, 0.2) is 35.5 Å². The molecule has 1 N–H and O–H groups in total. The van der Waals surface area contributed by atoms with Gasteiger partial charge in [0, 0.05) is 5.70 Å². The van der Waals surface area contributed by atoms with Crippen LogP contribution in [0.2, 0.25) is 0 Å². The molecule has 11 heteroatoms. The molecule has 1 aromatic carbocycles. The van der Waals surface area contributed by atoms with E-state index in [0.29, 0.717) is 0 Å². The first-order chi connectivity index (χ1) is 14.0. The Labute approximate surface area is 171 Å². The normalized spacial score (nSPS) is 24.0. The fourth-order valence-electron chi connectivity index (χ4n) is 3.89. The SMILES string of the molecule is CCOC(=O)C1=C(C)N([C@H]2CCS(=O)(=O)C2)C(=O)N[C@@H]1c1ccccc1C(F)(F)F. The third-order valence-corrected chi connectivity index (χ3v) is 6.92. The number of halogens is 3. The van der Waals surface area contributed by atoms with Crippen LogP contribution in [0.25, 0.3) is 0 Å². The summed E-state index contributed by atoms with van der Waals surface area (Å²) in [6.45, 7) is 2.95. The summed E-state index contributed by atoms with van der Waals surface area (Å²) >= 11 is 0. The first kappa shape index (κ1) is 22.1. The van der Waals surface area contributed by atoms with Gasteiger partial charge in [0.05, 0.1) is 41.3 Å². The Morgan fingerprint density at radius 1 is 1.30 bits per heavy atom. The fraction of sp³-hybridized carbons (Fsp3) is 0.474. The molecule has 2 aliphatic rings. The van der Waals surface area contributed by atoms with Crippen LogP contribution < -0.4 is 5.32 Å². The molecule has 0 bridgehead atoms. The topological polar surface area (TPSA) is 92.8 Å². The molecule has 2 heterocycles. The third-order valence-electron chi connectivity index (χ3n) is 5.17. The summed E-state index contributed by atoms with van der Waals surface area (Å²) in [5.74, 6) is -1.26. The van der Waals surface area contributed by atoms with Crippen molar-refractivity contribution in [2.45, 2.75) is 38.5 Å². The van der Waals surface area contributed by atoms with Crippen molar-refractivity contribution in [1.82, 2.24) is 10.2 Å². The average Bonchev–Trinajstić information content (AvgIpc) is 3.00. The van der Waals surface area contributed by atoms with E-state index in [1.54, 1.807) is 6.92 Å². The Bertz CT molecular complexity index is 1000. The number of nitrogens with one attached hydrogen (secondary N) is 1. The molecule has 0 aromatic heterocycles. The highest BCUT2D eigenvalue weighted by Gasteiger charge is 2.45. The molecule has 164 valence electrons. The number of alkyl halides is 3. The standard InChI is InChI=1S/C19H21F3N2O5S/c1-3-29-17(25)15-11(2)24(12-8-9-30(27,28)10-12)18(26)23-16(15)13-6-4-5-7-14(13)19(20,21)22/h4-7,12,16H,3,8-10H2,1-2H3,(H,23,26)/t12-,16+/m0/s1. The maximum Gasteiger partial charge on any atom is 0.416 e. The van der Waals surface area contributed by atoms with Gasteiger partial charge in [0.1, 0.15) is 0 Å². The van der Waals surface area contributed by atoms with Gasteiger partial charge >= 0.3 is 18.2 Å². The van der Waals surface area contributed by atoms with Crippen molar-refractivity contribution in [1.29, 1.82) is 0 Å². The minimum atomic E-state index is -4.70. The first-order valence-electron chi connectivity index (χ1n) is 9.30. The molecule has 7 nitrogen and oxygen atoms in total. The molecule has 0 spiro atoms. The largest absolute Gasteiger partial charge is 0.463 e. The zero-order valence-corrected chi connectivity index (χ0v) is 17.1. The third kappa shape index (κ3) is 4.16. The van der Waals surface area contributed by atoms with Gasteiger partial charge in [-0.1, -0.05) is 18.2 Å². The fourth-order valence-corrected chi connectivity index (χ4v) is 5.59. The Hall–Kier alpha value is -2.56. The summed E-state index contributed by atoms with van der Waals surface area (Å²) in [7, 11) is -3.34. The number of sulfone groups is 1. The number of hydrogen-bond donors (Lipinski definition) is 1. The molecule has 3 rings (SSSR count). The minimum absolute atomic E-state index is 0.0188. The van der Waals surface area contributed by atoms with Crippen molar-refractivity contribution >= 4 is 21.8 Å². The lowest BCUT2D eigenvalue weighted by Crippen LogP contribution is -2.52. The number of esters is 1. The van der Waals surface area contributed by atoms with Crippen LogP contribution in [0.3, 0.4) is 0 Å². The van der Waals surface area contributed by atoms with Gasteiger partial charge in [0.15, 0.2) is 9.84 Å². The zero-order valence-electron chi connectivity index (χ0n) is 16.3. The number of urea groups is 1. The number of carbonyl (C=O) groups excluding carboxylic acids is 2. The summed E-state index contributed by atoms with van der Waals surface area (Å²) in [5.41, 5.74) is -1.35. The lowest BCUT2D eigenvalue weighted by Gasteiger charge is -2.38. The number of allylic oxidation sites excluding steroid dienone is 1. The number of ether oxygens (including phenoxy) is 1. The molecule has 0 aliphatic carbocycles. The lowest BCUT2D eigenvalue weighted by molar-refractivity contribution is -0.141. The Kier molecular flexibility index (Phi) is 5.85. The van der Waals surface area contributed by atoms with Crippen molar-refractivity contribution in [2.24, 2.45) is 0 Å². The van der Waals surface area contributed by atoms with E-state index in [1.807, 2.05) is 0 Å². The summed E-state index contributed by atoms with van der Waals surface area (Å²) < 4.78 is 69.4. The van der Waals surface area contributed by atoms with Gasteiger partial charge < -0.3 is 10.1 Å². The van der Waals surface area contributed by atoms with Crippen molar-refractivity contribution in [3.8, 4) is 0 Å². The molecular formula is C19H21F3N2O5S. The van der Waals surface area contributed by atoms with Crippen LogP contribution in [0.4, 0.5) is 18.0 Å². The molecule has 30 heavy (non-hydrogen) atoms. The molecule has 1 aromatic rings. The van der Waals surface area contributed by atoms with Gasteiger partial charge in [-0.25, -0.2) is 18.0 Å². The molecule has 0 unspecified atom stereocenters. The van der Waals surface area contributed by atoms with Gasteiger partial charge in [0.25, 0.3) is 0 Å². The molecule has 1 fully saturated rings. The Morgan fingerprint density at radius 2 is 1.97 bits per heavy atom. The summed E-state index contributed by atoms with van der Waals surface area (Å²) in [6, 6.07) is 1.80. The van der Waals surface area contributed by atoms with Crippen LogP contribution >= 0.6 is 0 Å². The second kappa shape index (κ2) is 7.93. The molecule has 1 saturated heterocycles. The molecule has 0 radical (unpaired) electrons. The summed E-state index contributed by atoms with van der Waals surface area (Å²) in [5, 5.41) is 2.45. The van der Waals surface area contributed by atoms with Crippen LogP contribution in [0, 0.1) is 0 Å². The Balaban J connectivity index is 2.14. The minimum Gasteiger partial charge on any atom is -0.463 e. The zero-order chi connectivity index (χ0) is 22.3. The molecule has 2 atom stereocenters. The number of nitrogens with zero attached hydrogens (tertiary/aromatic N) is 1. The highest BCUT2D eigenvalue weighted by molar-refractivity contribution is 7.91. The molecule has 2 amide bonds. The monoisotopic (exact) mass is 446 g/mol. The van der Waals surface area contributed by atoms with E-state index >= 15 is 0 Å². The van der Waals surface area contributed by atoms with Crippen molar-refractivity contribution in [2.75, 3.05) is 18.1 Å². The van der Waals surface area contributed by atoms with Crippen LogP contribution in [0.1, 0.15) is 37.4 Å². The predicted octanol–water partition coefficient (Wildman–Crippen LogP) is 2.80. The van der Waals surface area contributed by atoms with Gasteiger partial charge in [0.2, 0.25) is 0 Å². The van der Waals surface area contributed by atoms with E-state index in [0.717, 1.165) is 11.0 Å². The van der Waals surface area contributed by atoms with E-state index in [1.165, 1.54) is 25.1 Å². The number of amides is 2.